The maximum Gasteiger partial charge on any atom is 0.277 e. The quantitative estimate of drug-likeness (QED) is 0.401. The van der Waals surface area contributed by atoms with Crippen LogP contribution in [0.2, 0.25) is 0 Å². The van der Waals surface area contributed by atoms with E-state index in [2.05, 4.69) is 54.7 Å². The number of aromatic nitrogens is 1. The van der Waals surface area contributed by atoms with Crippen LogP contribution in [0.5, 0.6) is 5.75 Å². The molecule has 1 saturated heterocycles. The lowest BCUT2D eigenvalue weighted by molar-refractivity contribution is -0.123. The molecule has 1 amide bonds. The number of nitrogens with zero attached hydrogens (tertiary/aromatic N) is 2. The van der Waals surface area contributed by atoms with Crippen LogP contribution in [0.1, 0.15) is 27.0 Å². The molecule has 5 nitrogen and oxygen atoms in total. The fourth-order valence-corrected chi connectivity index (χ4v) is 6.09. The van der Waals surface area contributed by atoms with E-state index >= 15 is 0 Å². The van der Waals surface area contributed by atoms with Gasteiger partial charge in [0.1, 0.15) is 5.75 Å². The third kappa shape index (κ3) is 5.54. The first-order valence-corrected chi connectivity index (χ1v) is 12.2. The van der Waals surface area contributed by atoms with Crippen LogP contribution in [-0.2, 0) is 4.79 Å². The van der Waals surface area contributed by atoms with Crippen molar-refractivity contribution in [3.8, 4) is 11.4 Å². The van der Waals surface area contributed by atoms with Crippen LogP contribution in [0.4, 0.5) is 0 Å². The summed E-state index contributed by atoms with van der Waals surface area (Å²) in [6.07, 6.45) is 3.61. The Labute approximate surface area is 191 Å². The number of hydrogen-bond acceptors (Lipinski definition) is 5. The summed E-state index contributed by atoms with van der Waals surface area (Å²) < 4.78 is 8.12. The summed E-state index contributed by atoms with van der Waals surface area (Å²) in [5, 5.41) is 4.09. The molecule has 0 aliphatic carbocycles. The van der Waals surface area contributed by atoms with Gasteiger partial charge in [0, 0.05) is 23.4 Å². The van der Waals surface area contributed by atoms with E-state index in [-0.39, 0.29) is 12.5 Å². The molecule has 1 N–H and O–H groups in total. The van der Waals surface area contributed by atoms with E-state index in [1.807, 2.05) is 58.6 Å². The molecule has 0 atom stereocenters. The lowest BCUT2D eigenvalue weighted by Crippen LogP contribution is -2.24. The van der Waals surface area contributed by atoms with E-state index in [0.717, 1.165) is 11.4 Å². The highest BCUT2D eigenvalue weighted by Gasteiger charge is 2.18. The number of ether oxygens (including phenoxy) is 1. The highest BCUT2D eigenvalue weighted by Crippen LogP contribution is 2.45. The zero-order valence-corrected chi connectivity index (χ0v) is 19.2. The van der Waals surface area contributed by atoms with Crippen LogP contribution < -0.4 is 10.2 Å². The molecule has 0 spiro atoms. The summed E-state index contributed by atoms with van der Waals surface area (Å²) in [6.45, 7) is 4.11. The second-order valence-electron chi connectivity index (χ2n) is 7.30. The lowest BCUT2D eigenvalue weighted by Gasteiger charge is -2.10. The van der Waals surface area contributed by atoms with Gasteiger partial charge in [-0.05, 0) is 66.9 Å². The van der Waals surface area contributed by atoms with Gasteiger partial charge >= 0.3 is 0 Å². The number of carbonyl (C=O) groups excluding carboxylic acids is 1. The minimum Gasteiger partial charge on any atom is -0.484 e. The Morgan fingerprint density at radius 3 is 2.65 bits per heavy atom. The summed E-state index contributed by atoms with van der Waals surface area (Å²) >= 11 is 3.94. The number of hydrazone groups is 1. The number of nitrogens with one attached hydrogen (secondary N) is 1. The number of hydrogen-bond donors (Lipinski definition) is 1. The van der Waals surface area contributed by atoms with Crippen molar-refractivity contribution in [2.24, 2.45) is 5.10 Å². The summed E-state index contributed by atoms with van der Waals surface area (Å²) in [5.41, 5.74) is 8.24. The van der Waals surface area contributed by atoms with Crippen molar-refractivity contribution in [1.82, 2.24) is 9.99 Å². The number of thioether (sulfide) groups is 2. The number of benzene rings is 2. The third-order valence-electron chi connectivity index (χ3n) is 5.08. The number of rotatable bonds is 7. The molecule has 1 aliphatic rings. The van der Waals surface area contributed by atoms with E-state index in [1.165, 1.54) is 28.2 Å². The first-order valence-electron chi connectivity index (χ1n) is 10.1. The van der Waals surface area contributed by atoms with Gasteiger partial charge in [0.15, 0.2) is 6.61 Å². The minimum absolute atomic E-state index is 0.0816. The van der Waals surface area contributed by atoms with Crippen molar-refractivity contribution >= 4 is 35.6 Å². The normalized spacial score (nSPS) is 14.3. The lowest BCUT2D eigenvalue weighted by atomic mass is 10.1. The molecule has 0 bridgehead atoms. The van der Waals surface area contributed by atoms with Crippen molar-refractivity contribution in [3.05, 3.63) is 83.2 Å². The fraction of sp³-hybridized carbons (Fsp3) is 0.250. The smallest absolute Gasteiger partial charge is 0.277 e. The van der Waals surface area contributed by atoms with Gasteiger partial charge in [0.25, 0.3) is 5.91 Å². The van der Waals surface area contributed by atoms with E-state index in [1.54, 1.807) is 6.21 Å². The Kier molecular flexibility index (Phi) is 7.04. The first kappa shape index (κ1) is 21.6. The average molecular weight is 452 g/mol. The van der Waals surface area contributed by atoms with Gasteiger partial charge in [0.2, 0.25) is 0 Å². The monoisotopic (exact) mass is 451 g/mol. The molecule has 2 aromatic carbocycles. The Morgan fingerprint density at radius 2 is 1.90 bits per heavy atom. The SMILES string of the molecule is Cc1ccc(-n2cccc2/C=N\NC(=O)COc2ccc(C3SCCS3)cc2)cc1C. The van der Waals surface area contributed by atoms with E-state index < -0.39 is 0 Å². The Morgan fingerprint density at radius 1 is 1.13 bits per heavy atom. The van der Waals surface area contributed by atoms with Crippen LogP contribution in [0.3, 0.4) is 0 Å². The molecule has 1 fully saturated rings. The second kappa shape index (κ2) is 10.1. The maximum absolute atomic E-state index is 12.1. The molecule has 160 valence electrons. The molecule has 0 saturated carbocycles. The molecule has 1 aromatic heterocycles. The van der Waals surface area contributed by atoms with Crippen LogP contribution in [-0.4, -0.2) is 34.8 Å². The van der Waals surface area contributed by atoms with Crippen molar-refractivity contribution in [3.63, 3.8) is 0 Å². The van der Waals surface area contributed by atoms with Gasteiger partial charge in [-0.25, -0.2) is 5.43 Å². The molecule has 0 radical (unpaired) electrons. The van der Waals surface area contributed by atoms with Gasteiger partial charge in [-0.15, -0.1) is 23.5 Å². The van der Waals surface area contributed by atoms with Gasteiger partial charge in [-0.1, -0.05) is 18.2 Å². The molecular formula is C24H25N3O2S2. The van der Waals surface area contributed by atoms with Crippen molar-refractivity contribution in [1.29, 1.82) is 0 Å². The van der Waals surface area contributed by atoms with Crippen LogP contribution in [0.25, 0.3) is 5.69 Å². The van der Waals surface area contributed by atoms with Gasteiger partial charge in [-0.2, -0.15) is 5.10 Å². The molecular weight excluding hydrogens is 426 g/mol. The topological polar surface area (TPSA) is 55.6 Å². The van der Waals surface area contributed by atoms with Crippen molar-refractivity contribution in [2.45, 2.75) is 18.4 Å². The van der Waals surface area contributed by atoms with Crippen molar-refractivity contribution in [2.75, 3.05) is 18.1 Å². The average Bonchev–Trinajstić information content (AvgIpc) is 3.47. The molecule has 7 heteroatoms. The zero-order chi connectivity index (χ0) is 21.6. The summed E-state index contributed by atoms with van der Waals surface area (Å²) in [4.78, 5) is 12.1. The summed E-state index contributed by atoms with van der Waals surface area (Å²) in [5.74, 6) is 2.78. The van der Waals surface area contributed by atoms with Crippen molar-refractivity contribution < 1.29 is 9.53 Å². The molecule has 3 aromatic rings. The fourth-order valence-electron chi connectivity index (χ4n) is 3.23. The molecule has 31 heavy (non-hydrogen) atoms. The first-order chi connectivity index (χ1) is 15.1. The van der Waals surface area contributed by atoms with E-state index in [4.69, 9.17) is 4.74 Å². The maximum atomic E-state index is 12.1. The second-order valence-corrected chi connectivity index (χ2v) is 10.0. The van der Waals surface area contributed by atoms with Gasteiger partial charge < -0.3 is 9.30 Å². The van der Waals surface area contributed by atoms with E-state index in [9.17, 15) is 4.79 Å². The third-order valence-corrected chi connectivity index (χ3v) is 8.18. The van der Waals surface area contributed by atoms with E-state index in [0.29, 0.717) is 10.3 Å². The van der Waals surface area contributed by atoms with Gasteiger partial charge in [-0.3, -0.25) is 4.79 Å². The molecule has 1 aliphatic heterocycles. The number of amides is 1. The highest BCUT2D eigenvalue weighted by molar-refractivity contribution is 8.19. The molecule has 0 unspecified atom stereocenters. The predicted octanol–water partition coefficient (Wildman–Crippen LogP) is 5.10. The Hall–Kier alpha value is -2.64. The van der Waals surface area contributed by atoms with Crippen LogP contribution >= 0.6 is 23.5 Å². The standard InChI is InChI=1S/C24H25N3O2S2/c1-17-5-8-20(14-18(17)2)27-11-3-4-21(27)15-25-26-23(28)16-29-22-9-6-19(7-10-22)24-30-12-13-31-24/h3-11,14-15,24H,12-13,16H2,1-2H3,(H,26,28)/b25-15-. The van der Waals surface area contributed by atoms with Crippen LogP contribution in [0, 0.1) is 13.8 Å². The minimum atomic E-state index is -0.300. The number of carbonyl (C=O) groups is 1. The summed E-state index contributed by atoms with van der Waals surface area (Å²) in [6, 6.07) is 18.2. The Balaban J connectivity index is 1.29. The number of aryl methyl sites for hydroxylation is 2. The highest BCUT2D eigenvalue weighted by atomic mass is 32.2. The van der Waals surface area contributed by atoms with Gasteiger partial charge in [0.05, 0.1) is 16.5 Å². The largest absolute Gasteiger partial charge is 0.484 e. The summed E-state index contributed by atoms with van der Waals surface area (Å²) in [7, 11) is 0. The Bertz CT molecular complexity index is 1070. The predicted molar refractivity (Wildman–Crippen MR) is 131 cm³/mol. The molecule has 4 rings (SSSR count). The zero-order valence-electron chi connectivity index (χ0n) is 17.6. The molecule has 2 heterocycles. The van der Waals surface area contributed by atoms with Crippen LogP contribution in [0.15, 0.2) is 65.9 Å².